The Kier molecular flexibility index (Phi) is 26.2. The molecule has 0 spiro atoms. The minimum absolute atomic E-state index is 0.00215. The molecule has 52 heavy (non-hydrogen) atoms. The summed E-state index contributed by atoms with van der Waals surface area (Å²) in [5, 5.41) is 2.43. The van der Waals surface area contributed by atoms with Gasteiger partial charge in [-0.05, 0) is 30.4 Å². The van der Waals surface area contributed by atoms with Gasteiger partial charge < -0.3 is 24.3 Å². The smallest absolute Gasteiger partial charge is 0.459 e. The van der Waals surface area contributed by atoms with E-state index in [1.54, 1.807) is 24.3 Å². The topological polar surface area (TPSA) is 136 Å². The van der Waals surface area contributed by atoms with E-state index in [9.17, 15) is 18.9 Å². The molecule has 1 amide bonds. The summed E-state index contributed by atoms with van der Waals surface area (Å²) in [6.45, 7) is 2.53. The molecule has 0 bridgehead atoms. The number of nitrogens with one attached hydrogen (secondary N) is 1. The lowest BCUT2D eigenvalue weighted by Crippen LogP contribution is -2.44. The minimum Gasteiger partial charge on any atom is -0.459 e. The van der Waals surface area contributed by atoms with Crippen LogP contribution < -0.4 is 5.32 Å². The molecule has 0 aromatic heterocycles. The second-order valence-electron chi connectivity index (χ2n) is 12.9. The lowest BCUT2D eigenvalue weighted by atomic mass is 10.0. The molecule has 3 atom stereocenters. The Labute approximate surface area is 311 Å². The average molecular weight is 747 g/mol. The summed E-state index contributed by atoms with van der Waals surface area (Å²) in [5.74, 6) is -0.346. The number of ether oxygens (including phenoxy) is 4. The predicted octanol–water partition coefficient (Wildman–Crippen LogP) is 9.19. The molecule has 0 aliphatic heterocycles. The number of alkyl carbamates (subject to hydrolysis) is 1. The van der Waals surface area contributed by atoms with Gasteiger partial charge in [0.05, 0.1) is 6.61 Å². The summed E-state index contributed by atoms with van der Waals surface area (Å²) >= 11 is 0. The zero-order valence-electron chi connectivity index (χ0n) is 31.3. The molecule has 0 aliphatic rings. The second-order valence-corrected chi connectivity index (χ2v) is 13.8. The van der Waals surface area contributed by atoms with E-state index in [1.807, 2.05) is 36.4 Å². The van der Waals surface area contributed by atoms with E-state index in [2.05, 4.69) is 12.2 Å². The quantitative estimate of drug-likeness (QED) is 0.0439. The van der Waals surface area contributed by atoms with Gasteiger partial charge in [-0.25, -0.2) is 9.59 Å². The van der Waals surface area contributed by atoms with Gasteiger partial charge in [0.25, 0.3) is 0 Å². The molecule has 0 aliphatic carbocycles. The molecule has 290 valence electrons. The summed E-state index contributed by atoms with van der Waals surface area (Å²) < 4.78 is 44.9. The molecule has 0 fully saturated rings. The third-order valence-electron chi connectivity index (χ3n) is 8.42. The zero-order valence-corrected chi connectivity index (χ0v) is 32.2. The highest BCUT2D eigenvalue weighted by Crippen LogP contribution is 2.25. The molecule has 0 heterocycles. The van der Waals surface area contributed by atoms with Gasteiger partial charge in [0.15, 0.2) is 6.04 Å². The summed E-state index contributed by atoms with van der Waals surface area (Å²) in [5.41, 5.74) is 1.54. The van der Waals surface area contributed by atoms with Crippen LogP contribution >= 0.6 is 8.25 Å². The first-order valence-electron chi connectivity index (χ1n) is 18.9. The van der Waals surface area contributed by atoms with Crippen molar-refractivity contribution in [3.63, 3.8) is 0 Å². The van der Waals surface area contributed by atoms with Gasteiger partial charge in [-0.2, -0.15) is 0 Å². The monoisotopic (exact) mass is 746 g/mol. The van der Waals surface area contributed by atoms with Crippen molar-refractivity contribution in [1.82, 2.24) is 5.32 Å². The first kappa shape index (κ1) is 44.9. The standard InChI is InChI=1S/C40H60NO10P/c1-3-4-5-19-26-36(42)27-20-11-9-7-6-8-10-12-21-28-47-31-37(46-2)32-50-52(45)51-33-38(39(43)48-29-34-22-15-13-16-23-34)41-40(44)49-30-35-24-17-14-18-25-35/h13-18,22-25,37-38H,3-12,19-21,26-33H2,1-2H3/p+1/t37?,38-/m0/s1. The van der Waals surface area contributed by atoms with E-state index in [1.165, 1.54) is 52.1 Å². The van der Waals surface area contributed by atoms with Crippen LogP contribution in [0.1, 0.15) is 114 Å². The van der Waals surface area contributed by atoms with E-state index in [0.717, 1.165) is 62.5 Å². The van der Waals surface area contributed by atoms with Crippen LogP contribution in [-0.4, -0.2) is 63.5 Å². The van der Waals surface area contributed by atoms with Gasteiger partial charge in [-0.3, -0.25) is 4.79 Å². The van der Waals surface area contributed by atoms with Crippen LogP contribution in [0, 0.1) is 0 Å². The van der Waals surface area contributed by atoms with Crippen LogP contribution in [0.15, 0.2) is 60.7 Å². The van der Waals surface area contributed by atoms with Crippen molar-refractivity contribution in [1.29, 1.82) is 0 Å². The fraction of sp³-hybridized carbons (Fsp3) is 0.625. The fourth-order valence-corrected chi connectivity index (χ4v) is 5.89. The Morgan fingerprint density at radius 1 is 0.654 bits per heavy atom. The molecule has 2 rings (SSSR count). The second kappa shape index (κ2) is 30.3. The molecule has 0 radical (unpaired) electrons. The number of rotatable bonds is 32. The Morgan fingerprint density at radius 2 is 1.17 bits per heavy atom. The van der Waals surface area contributed by atoms with Crippen molar-refractivity contribution in [3.05, 3.63) is 71.8 Å². The number of carbonyl (C=O) groups excluding carboxylic acids is 3. The van der Waals surface area contributed by atoms with E-state index in [0.29, 0.717) is 12.4 Å². The van der Waals surface area contributed by atoms with Gasteiger partial charge >= 0.3 is 20.3 Å². The van der Waals surface area contributed by atoms with Gasteiger partial charge in [-0.15, -0.1) is 9.05 Å². The van der Waals surface area contributed by atoms with Crippen molar-refractivity contribution in [2.24, 2.45) is 0 Å². The van der Waals surface area contributed by atoms with Crippen LogP contribution in [0.3, 0.4) is 0 Å². The molecular weight excluding hydrogens is 685 g/mol. The average Bonchev–Trinajstić information content (AvgIpc) is 3.17. The first-order valence-corrected chi connectivity index (χ1v) is 20.0. The number of benzene rings is 2. The molecule has 2 aromatic rings. The summed E-state index contributed by atoms with van der Waals surface area (Å²) in [4.78, 5) is 37.2. The molecule has 12 heteroatoms. The normalized spacial score (nSPS) is 12.5. The molecule has 1 N–H and O–H groups in total. The van der Waals surface area contributed by atoms with Crippen LogP contribution in [-0.2, 0) is 55.4 Å². The largest absolute Gasteiger partial charge is 0.697 e. The Hall–Kier alpha value is -3.21. The van der Waals surface area contributed by atoms with E-state index >= 15 is 0 Å². The molecule has 2 aromatic carbocycles. The van der Waals surface area contributed by atoms with Gasteiger partial charge in [0.2, 0.25) is 0 Å². The number of Topliss-reactive ketones (excluding diaryl/α,β-unsaturated/α-hetero) is 1. The maximum absolute atomic E-state index is 12.8. The number of methoxy groups -OCH3 is 1. The van der Waals surface area contributed by atoms with Crippen molar-refractivity contribution >= 4 is 26.1 Å². The van der Waals surface area contributed by atoms with Gasteiger partial charge in [0.1, 0.15) is 38.3 Å². The molecule has 2 unspecified atom stereocenters. The van der Waals surface area contributed by atoms with Crippen molar-refractivity contribution in [2.45, 2.75) is 129 Å². The van der Waals surface area contributed by atoms with Crippen molar-refractivity contribution in [2.75, 3.05) is 33.5 Å². The lowest BCUT2D eigenvalue weighted by Gasteiger charge is -2.16. The highest BCUT2D eigenvalue weighted by Gasteiger charge is 2.31. The number of hydrogen-bond donors (Lipinski definition) is 1. The number of esters is 1. The van der Waals surface area contributed by atoms with Crippen molar-refractivity contribution in [3.8, 4) is 0 Å². The van der Waals surface area contributed by atoms with Crippen LogP contribution in [0.2, 0.25) is 0 Å². The van der Waals surface area contributed by atoms with E-state index in [4.69, 9.17) is 28.0 Å². The first-order chi connectivity index (χ1) is 25.4. The Bertz CT molecular complexity index is 1230. The third-order valence-corrected chi connectivity index (χ3v) is 9.14. The summed E-state index contributed by atoms with van der Waals surface area (Å²) in [7, 11) is -1.13. The maximum atomic E-state index is 12.8. The van der Waals surface area contributed by atoms with E-state index in [-0.39, 0.29) is 26.4 Å². The summed E-state index contributed by atoms with van der Waals surface area (Å²) in [6.07, 6.45) is 15.1. The highest BCUT2D eigenvalue weighted by molar-refractivity contribution is 7.33. The van der Waals surface area contributed by atoms with Gasteiger partial charge in [-0.1, -0.05) is 132 Å². The highest BCUT2D eigenvalue weighted by atomic mass is 31.1. The SMILES string of the molecule is CCCCCCC(=O)CCCCCCCCCCCOCC(CO[P+](=O)OC[C@H](NC(=O)OCc1ccccc1)C(=O)OCc1ccccc1)OC. The zero-order chi connectivity index (χ0) is 37.5. The number of ketones is 1. The lowest BCUT2D eigenvalue weighted by molar-refractivity contribution is -0.148. The fourth-order valence-electron chi connectivity index (χ4n) is 5.26. The maximum Gasteiger partial charge on any atom is 0.697 e. The number of hydrogen-bond acceptors (Lipinski definition) is 10. The number of amides is 1. The van der Waals surface area contributed by atoms with Crippen LogP contribution in [0.4, 0.5) is 4.79 Å². The third kappa shape index (κ3) is 23.4. The Morgan fingerprint density at radius 3 is 1.75 bits per heavy atom. The molecule has 0 saturated carbocycles. The predicted molar refractivity (Wildman–Crippen MR) is 201 cm³/mol. The van der Waals surface area contributed by atoms with Crippen LogP contribution in [0.5, 0.6) is 0 Å². The van der Waals surface area contributed by atoms with Crippen LogP contribution in [0.25, 0.3) is 0 Å². The van der Waals surface area contributed by atoms with E-state index < -0.39 is 39.1 Å². The molecular formula is C40H61NO10P+. The summed E-state index contributed by atoms with van der Waals surface area (Å²) in [6, 6.07) is 16.9. The molecule has 11 nitrogen and oxygen atoms in total. The van der Waals surface area contributed by atoms with Gasteiger partial charge in [0, 0.05) is 31.1 Å². The molecule has 0 saturated heterocycles. The Balaban J connectivity index is 1.57. The van der Waals surface area contributed by atoms with Crippen molar-refractivity contribution < 1.29 is 46.9 Å². The number of unbranched alkanes of at least 4 members (excludes halogenated alkanes) is 11. The minimum atomic E-state index is -2.64. The number of carbonyl (C=O) groups is 3.